The van der Waals surface area contributed by atoms with E-state index in [1.807, 2.05) is 0 Å². The quantitative estimate of drug-likeness (QED) is 0.361. The fraction of sp³-hybridized carbons (Fsp3) is 0.737. The van der Waals surface area contributed by atoms with Gasteiger partial charge in [-0.05, 0) is 6.42 Å². The Hall–Kier alpha value is -0.890. The van der Waals surface area contributed by atoms with E-state index in [0.717, 1.165) is 6.61 Å². The van der Waals surface area contributed by atoms with Crippen LogP contribution in [0.1, 0.15) is 76.8 Å². The van der Waals surface area contributed by atoms with E-state index in [0.29, 0.717) is 6.73 Å². The van der Waals surface area contributed by atoms with Crippen molar-refractivity contribution in [2.24, 2.45) is 0 Å². The summed E-state index contributed by atoms with van der Waals surface area (Å²) in [5.74, 6) is 0. The molecular formula is C19H34NO+. The molecule has 0 aliphatic rings. The van der Waals surface area contributed by atoms with Crippen molar-refractivity contribution in [2.75, 3.05) is 6.61 Å². The number of hydrogen-bond acceptors (Lipinski definition) is 1. The Kier molecular flexibility index (Phi) is 11.1. The fourth-order valence-corrected chi connectivity index (χ4v) is 2.56. The molecule has 1 heterocycles. The summed E-state index contributed by atoms with van der Waals surface area (Å²) in [6, 6.07) is 6.23. The third kappa shape index (κ3) is 9.62. The first-order valence-corrected chi connectivity index (χ1v) is 8.87. The van der Waals surface area contributed by atoms with E-state index in [9.17, 15) is 0 Å². The normalized spacial score (nSPS) is 11.0. The number of aromatic nitrogens is 1. The summed E-state index contributed by atoms with van der Waals surface area (Å²) in [4.78, 5) is 0. The first kappa shape index (κ1) is 18.2. The molecule has 1 aromatic heterocycles. The highest BCUT2D eigenvalue weighted by molar-refractivity contribution is 4.93. The standard InChI is InChI=1S/C19H34NO/c1-3-4-5-6-7-8-9-10-11-14-17-21-18-20-16-13-12-15-19(20)2/h12-13,15-16H,3-11,14,17-18H2,1-2H3/q+1. The van der Waals surface area contributed by atoms with Crippen LogP contribution in [-0.4, -0.2) is 6.61 Å². The average molecular weight is 292 g/mol. The third-order valence-corrected chi connectivity index (χ3v) is 4.04. The maximum atomic E-state index is 5.74. The number of pyridine rings is 1. The second-order valence-electron chi connectivity index (χ2n) is 6.03. The van der Waals surface area contributed by atoms with Gasteiger partial charge < -0.3 is 4.74 Å². The van der Waals surface area contributed by atoms with Crippen molar-refractivity contribution in [3.63, 3.8) is 0 Å². The van der Waals surface area contributed by atoms with Crippen LogP contribution in [0.4, 0.5) is 0 Å². The molecule has 1 aromatic rings. The molecule has 0 saturated heterocycles. The molecule has 0 aliphatic heterocycles. The zero-order valence-electron chi connectivity index (χ0n) is 14.2. The summed E-state index contributed by atoms with van der Waals surface area (Å²) in [5, 5.41) is 0. The number of aryl methyl sites for hydroxylation is 1. The van der Waals surface area contributed by atoms with Crippen molar-refractivity contribution in [2.45, 2.75) is 84.8 Å². The molecule has 0 saturated carbocycles. The lowest BCUT2D eigenvalue weighted by Gasteiger charge is -2.03. The number of hydrogen-bond donors (Lipinski definition) is 0. The minimum absolute atomic E-state index is 0.685. The Labute approximate surface area is 131 Å². The van der Waals surface area contributed by atoms with Crippen LogP contribution >= 0.6 is 0 Å². The van der Waals surface area contributed by atoms with Gasteiger partial charge in [0.25, 0.3) is 6.73 Å². The molecule has 0 radical (unpaired) electrons. The zero-order chi connectivity index (χ0) is 15.2. The SMILES string of the molecule is CCCCCCCCCCCCOC[n+]1ccccc1C. The monoisotopic (exact) mass is 292 g/mol. The molecule has 2 heteroatoms. The van der Waals surface area contributed by atoms with Crippen LogP contribution in [0, 0.1) is 6.92 Å². The van der Waals surface area contributed by atoms with Gasteiger partial charge in [0.05, 0.1) is 6.61 Å². The van der Waals surface area contributed by atoms with Crippen LogP contribution in [0.25, 0.3) is 0 Å². The summed E-state index contributed by atoms with van der Waals surface area (Å²) in [6.07, 6.45) is 15.8. The molecule has 1 rings (SSSR count). The molecule has 0 spiro atoms. The molecule has 0 N–H and O–H groups in total. The lowest BCUT2D eigenvalue weighted by Crippen LogP contribution is -2.37. The Morgan fingerprint density at radius 1 is 0.857 bits per heavy atom. The van der Waals surface area contributed by atoms with Crippen LogP contribution in [-0.2, 0) is 11.5 Å². The molecule has 2 nitrogen and oxygen atoms in total. The maximum Gasteiger partial charge on any atom is 0.252 e. The first-order valence-electron chi connectivity index (χ1n) is 8.87. The number of ether oxygens (including phenoxy) is 1. The Bertz CT molecular complexity index is 351. The highest BCUT2D eigenvalue weighted by Crippen LogP contribution is 2.10. The van der Waals surface area contributed by atoms with E-state index in [1.54, 1.807) is 0 Å². The molecular weight excluding hydrogens is 258 g/mol. The van der Waals surface area contributed by atoms with Crippen molar-refractivity contribution < 1.29 is 9.30 Å². The van der Waals surface area contributed by atoms with Gasteiger partial charge in [-0.25, -0.2) is 0 Å². The highest BCUT2D eigenvalue weighted by Gasteiger charge is 2.02. The molecule has 0 unspecified atom stereocenters. The average Bonchev–Trinajstić information content (AvgIpc) is 2.50. The minimum Gasteiger partial charge on any atom is -0.323 e. The molecule has 21 heavy (non-hydrogen) atoms. The minimum atomic E-state index is 0.685. The van der Waals surface area contributed by atoms with Crippen LogP contribution in [0.15, 0.2) is 24.4 Å². The van der Waals surface area contributed by atoms with Crippen molar-refractivity contribution in [1.82, 2.24) is 0 Å². The van der Waals surface area contributed by atoms with Gasteiger partial charge in [-0.3, -0.25) is 0 Å². The summed E-state index contributed by atoms with van der Waals surface area (Å²) in [7, 11) is 0. The van der Waals surface area contributed by atoms with Crippen LogP contribution in [0.3, 0.4) is 0 Å². The fourth-order valence-electron chi connectivity index (χ4n) is 2.56. The second-order valence-corrected chi connectivity index (χ2v) is 6.03. The van der Waals surface area contributed by atoms with Crippen LogP contribution in [0.5, 0.6) is 0 Å². The predicted octanol–water partition coefficient (Wildman–Crippen LogP) is 5.18. The summed E-state index contributed by atoms with van der Waals surface area (Å²) in [6.45, 7) is 5.96. The lowest BCUT2D eigenvalue weighted by atomic mass is 10.1. The smallest absolute Gasteiger partial charge is 0.252 e. The van der Waals surface area contributed by atoms with E-state index in [4.69, 9.17) is 4.74 Å². The molecule has 0 fully saturated rings. The van der Waals surface area contributed by atoms with Gasteiger partial charge in [0, 0.05) is 19.1 Å². The van der Waals surface area contributed by atoms with Gasteiger partial charge in [0.2, 0.25) is 0 Å². The molecule has 0 aromatic carbocycles. The third-order valence-electron chi connectivity index (χ3n) is 4.04. The van der Waals surface area contributed by atoms with Crippen LogP contribution < -0.4 is 4.57 Å². The van der Waals surface area contributed by atoms with Crippen molar-refractivity contribution in [3.8, 4) is 0 Å². The van der Waals surface area contributed by atoms with Gasteiger partial charge in [-0.2, -0.15) is 4.57 Å². The lowest BCUT2D eigenvalue weighted by molar-refractivity contribution is -0.738. The number of nitrogens with zero attached hydrogens (tertiary/aromatic N) is 1. The number of rotatable bonds is 13. The van der Waals surface area contributed by atoms with Gasteiger partial charge in [0.15, 0.2) is 11.9 Å². The molecule has 0 aliphatic carbocycles. The Morgan fingerprint density at radius 3 is 2.10 bits per heavy atom. The second kappa shape index (κ2) is 12.8. The maximum absolute atomic E-state index is 5.74. The molecule has 120 valence electrons. The van der Waals surface area contributed by atoms with Gasteiger partial charge in [0.1, 0.15) is 0 Å². The largest absolute Gasteiger partial charge is 0.323 e. The first-order chi connectivity index (χ1) is 10.3. The van der Waals surface area contributed by atoms with Gasteiger partial charge in [-0.1, -0.05) is 70.8 Å². The number of unbranched alkanes of at least 4 members (excludes halogenated alkanes) is 9. The molecule has 0 atom stereocenters. The van der Waals surface area contributed by atoms with Crippen molar-refractivity contribution >= 4 is 0 Å². The van der Waals surface area contributed by atoms with Gasteiger partial charge in [-0.15, -0.1) is 0 Å². The Morgan fingerprint density at radius 2 is 1.48 bits per heavy atom. The van der Waals surface area contributed by atoms with Crippen molar-refractivity contribution in [1.29, 1.82) is 0 Å². The summed E-state index contributed by atoms with van der Waals surface area (Å²) >= 11 is 0. The van der Waals surface area contributed by atoms with E-state index in [2.05, 4.69) is 42.8 Å². The van der Waals surface area contributed by atoms with Crippen LogP contribution in [0.2, 0.25) is 0 Å². The topological polar surface area (TPSA) is 13.1 Å². The summed E-state index contributed by atoms with van der Waals surface area (Å²) in [5.41, 5.74) is 1.25. The molecule has 0 amide bonds. The van der Waals surface area contributed by atoms with E-state index in [-0.39, 0.29) is 0 Å². The van der Waals surface area contributed by atoms with E-state index >= 15 is 0 Å². The van der Waals surface area contributed by atoms with Crippen molar-refractivity contribution in [3.05, 3.63) is 30.1 Å². The molecule has 0 bridgehead atoms. The zero-order valence-corrected chi connectivity index (χ0v) is 14.2. The summed E-state index contributed by atoms with van der Waals surface area (Å²) < 4.78 is 7.88. The van der Waals surface area contributed by atoms with Gasteiger partial charge >= 0.3 is 0 Å². The predicted molar refractivity (Wildman–Crippen MR) is 89.2 cm³/mol. The highest BCUT2D eigenvalue weighted by atomic mass is 16.5. The van der Waals surface area contributed by atoms with E-state index < -0.39 is 0 Å². The van der Waals surface area contributed by atoms with E-state index in [1.165, 1.54) is 69.9 Å². The Balaban J connectivity index is 1.84.